The van der Waals surface area contributed by atoms with E-state index in [2.05, 4.69) is 30.0 Å². The Morgan fingerprint density at radius 1 is 1.12 bits per heavy atom. The van der Waals surface area contributed by atoms with Crippen LogP contribution >= 0.6 is 0 Å². The first kappa shape index (κ1) is 17.1. The van der Waals surface area contributed by atoms with Gasteiger partial charge in [-0.3, -0.25) is 19.8 Å². The molecule has 0 atom stereocenters. The topological polar surface area (TPSA) is 66.7 Å². The Kier molecular flexibility index (Phi) is 5.09. The first-order valence-electron chi connectivity index (χ1n) is 8.34. The number of aldehydes is 1. The van der Waals surface area contributed by atoms with Crippen molar-refractivity contribution in [3.8, 4) is 0 Å². The summed E-state index contributed by atoms with van der Waals surface area (Å²) in [7, 11) is 0. The van der Waals surface area contributed by atoms with Crippen molar-refractivity contribution in [1.82, 2.24) is 4.90 Å². The molecule has 2 aromatic rings. The summed E-state index contributed by atoms with van der Waals surface area (Å²) in [5, 5.41) is 11.3. The minimum absolute atomic E-state index is 0.00282. The van der Waals surface area contributed by atoms with Crippen molar-refractivity contribution in [2.75, 3.05) is 31.1 Å². The van der Waals surface area contributed by atoms with E-state index in [-0.39, 0.29) is 5.69 Å². The van der Waals surface area contributed by atoms with Crippen molar-refractivity contribution >= 4 is 17.7 Å². The maximum atomic E-state index is 11.3. The number of rotatable bonds is 5. The molecule has 0 radical (unpaired) electrons. The monoisotopic (exact) mass is 339 g/mol. The second kappa shape index (κ2) is 7.44. The zero-order valence-corrected chi connectivity index (χ0v) is 14.2. The molecule has 0 aromatic heterocycles. The Morgan fingerprint density at radius 3 is 2.48 bits per heavy atom. The number of hydrogen-bond donors (Lipinski definition) is 0. The summed E-state index contributed by atoms with van der Waals surface area (Å²) in [4.78, 5) is 26.2. The van der Waals surface area contributed by atoms with Gasteiger partial charge in [-0.2, -0.15) is 0 Å². The lowest BCUT2D eigenvalue weighted by atomic mass is 10.1. The van der Waals surface area contributed by atoms with E-state index in [9.17, 15) is 14.9 Å². The van der Waals surface area contributed by atoms with Gasteiger partial charge in [0, 0.05) is 44.4 Å². The summed E-state index contributed by atoms with van der Waals surface area (Å²) >= 11 is 0. The second-order valence-corrected chi connectivity index (χ2v) is 6.31. The normalized spacial score (nSPS) is 15.2. The van der Waals surface area contributed by atoms with Crippen LogP contribution in [0.3, 0.4) is 0 Å². The summed E-state index contributed by atoms with van der Waals surface area (Å²) in [5.74, 6) is 0. The van der Waals surface area contributed by atoms with Crippen LogP contribution in [0, 0.1) is 17.0 Å². The Morgan fingerprint density at radius 2 is 1.84 bits per heavy atom. The number of aryl methyl sites for hydroxylation is 1. The SMILES string of the molecule is Cc1ccccc1CN1CCN(c2ccc(C=O)cc2[N+](=O)[O-])CC1. The summed E-state index contributed by atoms with van der Waals surface area (Å²) in [6.07, 6.45) is 0.636. The summed E-state index contributed by atoms with van der Waals surface area (Å²) < 4.78 is 0. The van der Waals surface area contributed by atoms with Gasteiger partial charge in [0.2, 0.25) is 0 Å². The Bertz CT molecular complexity index is 783. The van der Waals surface area contributed by atoms with Crippen molar-refractivity contribution in [3.63, 3.8) is 0 Å². The highest BCUT2D eigenvalue weighted by molar-refractivity contribution is 5.79. The predicted molar refractivity (Wildman–Crippen MR) is 97.2 cm³/mol. The van der Waals surface area contributed by atoms with Gasteiger partial charge in [0.25, 0.3) is 5.69 Å². The van der Waals surface area contributed by atoms with Crippen molar-refractivity contribution in [1.29, 1.82) is 0 Å². The fourth-order valence-electron chi connectivity index (χ4n) is 3.20. The lowest BCUT2D eigenvalue weighted by molar-refractivity contribution is -0.384. The molecule has 0 N–H and O–H groups in total. The van der Waals surface area contributed by atoms with Crippen LogP contribution in [0.1, 0.15) is 21.5 Å². The number of nitro groups is 1. The van der Waals surface area contributed by atoms with Gasteiger partial charge in [-0.05, 0) is 30.2 Å². The second-order valence-electron chi connectivity index (χ2n) is 6.31. The molecule has 0 bridgehead atoms. The van der Waals surface area contributed by atoms with E-state index in [0.29, 0.717) is 17.5 Å². The molecular weight excluding hydrogens is 318 g/mol. The van der Waals surface area contributed by atoms with Crippen molar-refractivity contribution in [3.05, 3.63) is 69.3 Å². The Hall–Kier alpha value is -2.73. The number of piperazine rings is 1. The number of nitrogens with zero attached hydrogens (tertiary/aromatic N) is 3. The van der Waals surface area contributed by atoms with Gasteiger partial charge in [-0.25, -0.2) is 0 Å². The van der Waals surface area contributed by atoms with E-state index in [4.69, 9.17) is 0 Å². The molecule has 0 saturated carbocycles. The Balaban J connectivity index is 1.69. The third-order valence-corrected chi connectivity index (χ3v) is 4.70. The number of carbonyl (C=O) groups excluding carboxylic acids is 1. The van der Waals surface area contributed by atoms with E-state index < -0.39 is 4.92 Å². The number of nitro benzene ring substituents is 1. The van der Waals surface area contributed by atoms with Gasteiger partial charge in [0.15, 0.2) is 0 Å². The lowest BCUT2D eigenvalue weighted by Crippen LogP contribution is -2.46. The van der Waals surface area contributed by atoms with Crippen LogP contribution in [0.15, 0.2) is 42.5 Å². The maximum Gasteiger partial charge on any atom is 0.293 e. The molecule has 0 spiro atoms. The molecule has 1 saturated heterocycles. The molecule has 3 rings (SSSR count). The number of carbonyl (C=O) groups is 1. The summed E-state index contributed by atoms with van der Waals surface area (Å²) in [5.41, 5.74) is 3.51. The number of benzene rings is 2. The third-order valence-electron chi connectivity index (χ3n) is 4.70. The highest BCUT2D eigenvalue weighted by Crippen LogP contribution is 2.30. The molecule has 0 aliphatic carbocycles. The molecule has 130 valence electrons. The zero-order valence-electron chi connectivity index (χ0n) is 14.2. The minimum atomic E-state index is -0.415. The van der Waals surface area contributed by atoms with E-state index in [1.165, 1.54) is 17.2 Å². The number of anilines is 1. The molecule has 6 heteroatoms. The molecule has 25 heavy (non-hydrogen) atoms. The molecule has 1 aliphatic rings. The molecule has 2 aromatic carbocycles. The maximum absolute atomic E-state index is 11.3. The first-order valence-corrected chi connectivity index (χ1v) is 8.34. The van der Waals surface area contributed by atoms with E-state index in [1.54, 1.807) is 12.1 Å². The van der Waals surface area contributed by atoms with Crippen LogP contribution in [0.5, 0.6) is 0 Å². The smallest absolute Gasteiger partial charge is 0.293 e. The van der Waals surface area contributed by atoms with E-state index in [1.807, 2.05) is 11.0 Å². The molecule has 6 nitrogen and oxygen atoms in total. The fraction of sp³-hybridized carbons (Fsp3) is 0.316. The van der Waals surface area contributed by atoms with E-state index >= 15 is 0 Å². The van der Waals surface area contributed by atoms with Crippen LogP contribution in [0.2, 0.25) is 0 Å². The van der Waals surface area contributed by atoms with Gasteiger partial charge in [-0.15, -0.1) is 0 Å². The molecule has 1 fully saturated rings. The standard InChI is InChI=1S/C19H21N3O3/c1-15-4-2-3-5-17(15)13-20-8-10-21(11-9-20)18-7-6-16(14-23)12-19(18)22(24)25/h2-7,12,14H,8-11,13H2,1H3. The van der Waals surface area contributed by atoms with E-state index in [0.717, 1.165) is 32.7 Å². The number of hydrogen-bond acceptors (Lipinski definition) is 5. The average Bonchev–Trinajstić information content (AvgIpc) is 2.64. The summed E-state index contributed by atoms with van der Waals surface area (Å²) in [6.45, 7) is 6.17. The van der Waals surface area contributed by atoms with Gasteiger partial charge in [0.1, 0.15) is 12.0 Å². The zero-order chi connectivity index (χ0) is 17.8. The van der Waals surface area contributed by atoms with Crippen LogP contribution in [0.25, 0.3) is 0 Å². The minimum Gasteiger partial charge on any atom is -0.363 e. The first-order chi connectivity index (χ1) is 12.1. The van der Waals surface area contributed by atoms with Gasteiger partial charge < -0.3 is 4.90 Å². The lowest BCUT2D eigenvalue weighted by Gasteiger charge is -2.36. The Labute approximate surface area is 146 Å². The molecule has 0 unspecified atom stereocenters. The fourth-order valence-corrected chi connectivity index (χ4v) is 3.20. The largest absolute Gasteiger partial charge is 0.363 e. The van der Waals surface area contributed by atoms with Crippen molar-refractivity contribution < 1.29 is 9.72 Å². The van der Waals surface area contributed by atoms with Crippen molar-refractivity contribution in [2.24, 2.45) is 0 Å². The average molecular weight is 339 g/mol. The van der Waals surface area contributed by atoms with Gasteiger partial charge >= 0.3 is 0 Å². The highest BCUT2D eigenvalue weighted by Gasteiger charge is 2.24. The highest BCUT2D eigenvalue weighted by atomic mass is 16.6. The molecular formula is C19H21N3O3. The van der Waals surface area contributed by atoms with Crippen LogP contribution < -0.4 is 4.90 Å². The molecule has 0 amide bonds. The summed E-state index contributed by atoms with van der Waals surface area (Å²) in [6, 6.07) is 13.0. The predicted octanol–water partition coefficient (Wildman–Crippen LogP) is 3.04. The van der Waals surface area contributed by atoms with Crippen LogP contribution in [0.4, 0.5) is 11.4 Å². The third kappa shape index (κ3) is 3.85. The quantitative estimate of drug-likeness (QED) is 0.476. The van der Waals surface area contributed by atoms with Gasteiger partial charge in [-0.1, -0.05) is 24.3 Å². The van der Waals surface area contributed by atoms with Crippen molar-refractivity contribution in [2.45, 2.75) is 13.5 Å². The van der Waals surface area contributed by atoms with Crippen LogP contribution in [-0.2, 0) is 6.54 Å². The van der Waals surface area contributed by atoms with Gasteiger partial charge in [0.05, 0.1) is 4.92 Å². The molecule has 1 heterocycles. The van der Waals surface area contributed by atoms with Crippen LogP contribution in [-0.4, -0.2) is 42.3 Å². The molecule has 1 aliphatic heterocycles.